The van der Waals surface area contributed by atoms with Crippen LogP contribution in [0.1, 0.15) is 74.9 Å². The van der Waals surface area contributed by atoms with Crippen LogP contribution in [0.15, 0.2) is 21.2 Å². The molecule has 3 rings (SSSR count). The first-order valence-corrected chi connectivity index (χ1v) is 9.67. The third-order valence-corrected chi connectivity index (χ3v) is 4.84. The van der Waals surface area contributed by atoms with Crippen LogP contribution in [-0.2, 0) is 12.0 Å². The Hall–Kier alpha value is -2.15. The molecular formula is C20H30N4O3. The molecule has 1 fully saturated rings. The minimum absolute atomic E-state index is 0.0420. The van der Waals surface area contributed by atoms with Crippen molar-refractivity contribution < 1.29 is 13.7 Å². The van der Waals surface area contributed by atoms with Gasteiger partial charge in [-0.3, -0.25) is 9.69 Å². The predicted octanol–water partition coefficient (Wildman–Crippen LogP) is 3.43. The minimum Gasteiger partial charge on any atom is -0.444 e. The SMILES string of the molecule is CC(C)c1cc(C(=O)N2CCCN(Cc3ncc(C(C)(C)C)o3)CC2)no1. The molecule has 0 saturated carbocycles. The second kappa shape index (κ2) is 7.84. The van der Waals surface area contributed by atoms with Crippen LogP contribution in [0.4, 0.5) is 0 Å². The number of carbonyl (C=O) groups is 1. The molecule has 1 aliphatic rings. The van der Waals surface area contributed by atoms with Crippen LogP contribution in [0.3, 0.4) is 0 Å². The predicted molar refractivity (Wildman–Crippen MR) is 102 cm³/mol. The largest absolute Gasteiger partial charge is 0.444 e. The van der Waals surface area contributed by atoms with Gasteiger partial charge in [0.2, 0.25) is 5.89 Å². The molecule has 1 amide bonds. The molecule has 0 unspecified atom stereocenters. The fraction of sp³-hybridized carbons (Fsp3) is 0.650. The van der Waals surface area contributed by atoms with Crippen molar-refractivity contribution in [2.75, 3.05) is 26.2 Å². The maximum atomic E-state index is 12.7. The van der Waals surface area contributed by atoms with Crippen molar-refractivity contribution in [2.45, 2.75) is 58.9 Å². The van der Waals surface area contributed by atoms with E-state index >= 15 is 0 Å². The summed E-state index contributed by atoms with van der Waals surface area (Å²) in [5, 5.41) is 3.95. The van der Waals surface area contributed by atoms with Crippen molar-refractivity contribution >= 4 is 5.91 Å². The van der Waals surface area contributed by atoms with Crippen molar-refractivity contribution in [2.24, 2.45) is 0 Å². The van der Waals surface area contributed by atoms with Gasteiger partial charge < -0.3 is 13.8 Å². The Balaban J connectivity index is 1.58. The fourth-order valence-corrected chi connectivity index (χ4v) is 3.08. The van der Waals surface area contributed by atoms with Crippen LogP contribution in [-0.4, -0.2) is 52.0 Å². The van der Waals surface area contributed by atoms with E-state index in [1.54, 1.807) is 6.07 Å². The third-order valence-electron chi connectivity index (χ3n) is 4.84. The Morgan fingerprint density at radius 1 is 1.22 bits per heavy atom. The molecule has 2 aromatic rings. The van der Waals surface area contributed by atoms with E-state index in [0.717, 1.165) is 43.5 Å². The molecule has 7 heteroatoms. The third kappa shape index (κ3) is 4.77. The van der Waals surface area contributed by atoms with Gasteiger partial charge in [-0.2, -0.15) is 0 Å². The summed E-state index contributed by atoms with van der Waals surface area (Å²) < 4.78 is 11.2. The molecule has 148 valence electrons. The number of hydrogen-bond donors (Lipinski definition) is 0. The lowest BCUT2D eigenvalue weighted by Gasteiger charge is -2.20. The number of nitrogens with zero attached hydrogens (tertiary/aromatic N) is 4. The van der Waals surface area contributed by atoms with Crippen molar-refractivity contribution in [3.05, 3.63) is 35.4 Å². The summed E-state index contributed by atoms with van der Waals surface area (Å²) in [6, 6.07) is 1.76. The van der Waals surface area contributed by atoms with Gasteiger partial charge in [0.15, 0.2) is 5.69 Å². The zero-order chi connectivity index (χ0) is 19.6. The summed E-state index contributed by atoms with van der Waals surface area (Å²) >= 11 is 0. The van der Waals surface area contributed by atoms with Gasteiger partial charge in [0.25, 0.3) is 5.91 Å². The molecule has 0 N–H and O–H groups in total. The number of aromatic nitrogens is 2. The first-order valence-electron chi connectivity index (χ1n) is 9.67. The quantitative estimate of drug-likeness (QED) is 0.816. The second-order valence-electron chi connectivity index (χ2n) is 8.56. The molecule has 0 aromatic carbocycles. The van der Waals surface area contributed by atoms with Gasteiger partial charge in [-0.15, -0.1) is 0 Å². The summed E-state index contributed by atoms with van der Waals surface area (Å²) in [6.07, 6.45) is 2.73. The van der Waals surface area contributed by atoms with Crippen LogP contribution in [0.2, 0.25) is 0 Å². The molecule has 0 spiro atoms. The lowest BCUT2D eigenvalue weighted by molar-refractivity contribution is 0.0750. The number of hydrogen-bond acceptors (Lipinski definition) is 6. The van der Waals surface area contributed by atoms with E-state index in [4.69, 9.17) is 8.94 Å². The Morgan fingerprint density at radius 3 is 2.63 bits per heavy atom. The van der Waals surface area contributed by atoms with Gasteiger partial charge in [-0.1, -0.05) is 39.8 Å². The highest BCUT2D eigenvalue weighted by molar-refractivity contribution is 5.92. The van der Waals surface area contributed by atoms with Crippen LogP contribution < -0.4 is 0 Å². The molecule has 2 aromatic heterocycles. The van der Waals surface area contributed by atoms with Crippen LogP contribution >= 0.6 is 0 Å². The minimum atomic E-state index is -0.0568. The summed E-state index contributed by atoms with van der Waals surface area (Å²) in [4.78, 5) is 21.3. The van der Waals surface area contributed by atoms with E-state index in [1.807, 2.05) is 24.9 Å². The van der Waals surface area contributed by atoms with Gasteiger partial charge in [-0.05, 0) is 6.42 Å². The smallest absolute Gasteiger partial charge is 0.276 e. The van der Waals surface area contributed by atoms with Crippen molar-refractivity contribution in [1.82, 2.24) is 19.9 Å². The monoisotopic (exact) mass is 374 g/mol. The van der Waals surface area contributed by atoms with Crippen molar-refractivity contribution in [3.63, 3.8) is 0 Å². The van der Waals surface area contributed by atoms with Crippen LogP contribution in [0.5, 0.6) is 0 Å². The number of amides is 1. The molecule has 1 saturated heterocycles. The van der Waals surface area contributed by atoms with Gasteiger partial charge in [0.1, 0.15) is 11.5 Å². The molecule has 0 aliphatic carbocycles. The molecule has 0 bridgehead atoms. The average Bonchev–Trinajstić information content (AvgIpc) is 3.20. The van der Waals surface area contributed by atoms with E-state index in [2.05, 4.69) is 35.8 Å². The summed E-state index contributed by atoms with van der Waals surface area (Å²) in [6.45, 7) is 14.1. The van der Waals surface area contributed by atoms with E-state index < -0.39 is 0 Å². The fourth-order valence-electron chi connectivity index (χ4n) is 3.08. The van der Waals surface area contributed by atoms with E-state index in [9.17, 15) is 4.79 Å². The Bertz CT molecular complexity index is 772. The van der Waals surface area contributed by atoms with E-state index in [0.29, 0.717) is 18.8 Å². The van der Waals surface area contributed by atoms with Crippen molar-refractivity contribution in [1.29, 1.82) is 0 Å². The zero-order valence-corrected chi connectivity index (χ0v) is 17.0. The first-order chi connectivity index (χ1) is 12.7. The molecule has 0 radical (unpaired) electrons. The highest BCUT2D eigenvalue weighted by atomic mass is 16.5. The Morgan fingerprint density at radius 2 is 2.00 bits per heavy atom. The average molecular weight is 374 g/mol. The van der Waals surface area contributed by atoms with Crippen LogP contribution in [0, 0.1) is 0 Å². The lowest BCUT2D eigenvalue weighted by Crippen LogP contribution is -2.35. The normalized spacial score (nSPS) is 16.7. The highest BCUT2D eigenvalue weighted by Gasteiger charge is 2.25. The molecule has 0 atom stereocenters. The maximum absolute atomic E-state index is 12.7. The van der Waals surface area contributed by atoms with Crippen molar-refractivity contribution in [3.8, 4) is 0 Å². The molecule has 1 aliphatic heterocycles. The Labute approximate surface area is 160 Å². The van der Waals surface area contributed by atoms with E-state index in [-0.39, 0.29) is 17.2 Å². The van der Waals surface area contributed by atoms with Gasteiger partial charge >= 0.3 is 0 Å². The zero-order valence-electron chi connectivity index (χ0n) is 17.0. The summed E-state index contributed by atoms with van der Waals surface area (Å²) in [5.74, 6) is 2.54. The standard InChI is InChI=1S/C20H30N4O3/c1-14(2)16-11-15(22-27-16)19(25)24-8-6-7-23(9-10-24)13-18-21-12-17(26-18)20(3,4)5/h11-12,14H,6-10,13H2,1-5H3. The lowest BCUT2D eigenvalue weighted by atomic mass is 9.94. The van der Waals surface area contributed by atoms with Crippen LogP contribution in [0.25, 0.3) is 0 Å². The molecule has 27 heavy (non-hydrogen) atoms. The summed E-state index contributed by atoms with van der Waals surface area (Å²) in [5.41, 5.74) is 0.356. The van der Waals surface area contributed by atoms with Gasteiger partial charge in [0, 0.05) is 43.6 Å². The second-order valence-corrected chi connectivity index (χ2v) is 8.56. The van der Waals surface area contributed by atoms with E-state index in [1.165, 1.54) is 0 Å². The molecule has 7 nitrogen and oxygen atoms in total. The number of oxazole rings is 1. The first kappa shape index (κ1) is 19.6. The van der Waals surface area contributed by atoms with Gasteiger partial charge in [0.05, 0.1) is 12.7 Å². The van der Waals surface area contributed by atoms with Gasteiger partial charge in [-0.25, -0.2) is 4.98 Å². The number of carbonyl (C=O) groups excluding carboxylic acids is 1. The Kier molecular flexibility index (Phi) is 5.69. The molecular weight excluding hydrogens is 344 g/mol. The molecule has 3 heterocycles. The highest BCUT2D eigenvalue weighted by Crippen LogP contribution is 2.23. The topological polar surface area (TPSA) is 75.6 Å². The maximum Gasteiger partial charge on any atom is 0.276 e. The number of rotatable bonds is 4. The summed E-state index contributed by atoms with van der Waals surface area (Å²) in [7, 11) is 0.